The van der Waals surface area contributed by atoms with Crippen LogP contribution in [0.15, 0.2) is 52.0 Å². The average Bonchev–Trinajstić information content (AvgIpc) is 3.33. The first kappa shape index (κ1) is 16.1. The quantitative estimate of drug-likeness (QED) is 0.587. The molecule has 0 fully saturated rings. The van der Waals surface area contributed by atoms with Crippen LogP contribution in [0.25, 0.3) is 22.5 Å². The standard InChI is InChI=1S/C21H20N4O2/c1-13-4-2-5-15-14(10-22-19(13)15)11-25-8-7-16-17(12-25)23-20(24-21(16)26)18-6-3-9-27-18/h2-6,9-10,22H,7-8,11-12H2,1H3,(H,23,24,26). The minimum atomic E-state index is -0.0613. The summed E-state index contributed by atoms with van der Waals surface area (Å²) < 4.78 is 5.39. The van der Waals surface area contributed by atoms with Crippen molar-refractivity contribution in [3.05, 3.63) is 75.5 Å². The number of nitrogens with one attached hydrogen (secondary N) is 2. The van der Waals surface area contributed by atoms with Crippen LogP contribution in [0.1, 0.15) is 22.4 Å². The zero-order valence-electron chi connectivity index (χ0n) is 15.1. The zero-order chi connectivity index (χ0) is 18.4. The average molecular weight is 360 g/mol. The molecule has 0 radical (unpaired) electrons. The molecule has 4 heterocycles. The zero-order valence-corrected chi connectivity index (χ0v) is 15.1. The fraction of sp³-hybridized carbons (Fsp3) is 0.238. The fourth-order valence-electron chi connectivity index (χ4n) is 3.89. The van der Waals surface area contributed by atoms with Crippen molar-refractivity contribution in [2.75, 3.05) is 6.54 Å². The van der Waals surface area contributed by atoms with Crippen molar-refractivity contribution in [2.45, 2.75) is 26.4 Å². The molecule has 4 aromatic rings. The highest BCUT2D eigenvalue weighted by molar-refractivity contribution is 5.85. The summed E-state index contributed by atoms with van der Waals surface area (Å²) in [6, 6.07) is 9.97. The number of rotatable bonds is 3. The van der Waals surface area contributed by atoms with Crippen molar-refractivity contribution in [3.63, 3.8) is 0 Å². The fourth-order valence-corrected chi connectivity index (χ4v) is 3.89. The van der Waals surface area contributed by atoms with Crippen LogP contribution in [-0.4, -0.2) is 26.4 Å². The molecule has 27 heavy (non-hydrogen) atoms. The van der Waals surface area contributed by atoms with E-state index in [1.807, 2.05) is 0 Å². The first-order valence-electron chi connectivity index (χ1n) is 9.13. The number of hydrogen-bond acceptors (Lipinski definition) is 4. The van der Waals surface area contributed by atoms with Gasteiger partial charge >= 0.3 is 0 Å². The van der Waals surface area contributed by atoms with Crippen molar-refractivity contribution < 1.29 is 4.42 Å². The summed E-state index contributed by atoms with van der Waals surface area (Å²) in [6.07, 6.45) is 4.38. The second-order valence-corrected chi connectivity index (χ2v) is 7.09. The van der Waals surface area contributed by atoms with Crippen molar-refractivity contribution in [1.82, 2.24) is 19.9 Å². The predicted molar refractivity (Wildman–Crippen MR) is 103 cm³/mol. The summed E-state index contributed by atoms with van der Waals surface area (Å²) in [5.74, 6) is 1.08. The monoisotopic (exact) mass is 360 g/mol. The van der Waals surface area contributed by atoms with E-state index < -0.39 is 0 Å². The van der Waals surface area contributed by atoms with Crippen LogP contribution in [0.5, 0.6) is 0 Å². The number of furan rings is 1. The van der Waals surface area contributed by atoms with Crippen LogP contribution in [0.4, 0.5) is 0 Å². The molecule has 0 unspecified atom stereocenters. The lowest BCUT2D eigenvalue weighted by molar-refractivity contribution is 0.241. The molecule has 6 heteroatoms. The first-order chi connectivity index (χ1) is 13.2. The number of nitrogens with zero attached hydrogens (tertiary/aromatic N) is 2. The number of aryl methyl sites for hydroxylation is 1. The van der Waals surface area contributed by atoms with Gasteiger partial charge in [0.15, 0.2) is 11.6 Å². The third kappa shape index (κ3) is 2.78. The molecule has 5 rings (SSSR count). The van der Waals surface area contributed by atoms with Crippen LogP contribution in [0, 0.1) is 6.92 Å². The summed E-state index contributed by atoms with van der Waals surface area (Å²) in [5, 5.41) is 1.26. The third-order valence-corrected chi connectivity index (χ3v) is 5.31. The van der Waals surface area contributed by atoms with Gasteiger partial charge in [-0.15, -0.1) is 0 Å². The molecule has 2 N–H and O–H groups in total. The molecule has 136 valence electrons. The first-order valence-corrected chi connectivity index (χ1v) is 9.13. The van der Waals surface area contributed by atoms with E-state index in [9.17, 15) is 4.79 Å². The van der Waals surface area contributed by atoms with E-state index in [-0.39, 0.29) is 5.56 Å². The SMILES string of the molecule is Cc1cccc2c(CN3CCc4c(nc(-c5ccco5)[nH]c4=O)C3)c[nH]c12. The molecular weight excluding hydrogens is 340 g/mol. The molecule has 1 aliphatic heterocycles. The lowest BCUT2D eigenvalue weighted by Crippen LogP contribution is -2.35. The van der Waals surface area contributed by atoms with E-state index in [0.29, 0.717) is 24.6 Å². The van der Waals surface area contributed by atoms with E-state index in [1.165, 1.54) is 22.0 Å². The largest absolute Gasteiger partial charge is 0.461 e. The Morgan fingerprint density at radius 2 is 2.19 bits per heavy atom. The number of aromatic nitrogens is 3. The number of aromatic amines is 2. The topological polar surface area (TPSA) is 77.9 Å². The summed E-state index contributed by atoms with van der Waals surface area (Å²) >= 11 is 0. The highest BCUT2D eigenvalue weighted by Crippen LogP contribution is 2.25. The molecular formula is C21H20N4O2. The highest BCUT2D eigenvalue weighted by atomic mass is 16.3. The molecule has 0 bridgehead atoms. The van der Waals surface area contributed by atoms with E-state index in [4.69, 9.17) is 4.42 Å². The number of para-hydroxylation sites is 1. The van der Waals surface area contributed by atoms with Crippen molar-refractivity contribution >= 4 is 10.9 Å². The highest BCUT2D eigenvalue weighted by Gasteiger charge is 2.22. The summed E-state index contributed by atoms with van der Waals surface area (Å²) in [7, 11) is 0. The van der Waals surface area contributed by atoms with Gasteiger partial charge in [-0.1, -0.05) is 18.2 Å². The van der Waals surface area contributed by atoms with Crippen molar-refractivity contribution in [2.24, 2.45) is 0 Å². The van der Waals surface area contributed by atoms with Gasteiger partial charge in [-0.2, -0.15) is 0 Å². The van der Waals surface area contributed by atoms with Crippen molar-refractivity contribution in [3.8, 4) is 11.6 Å². The van der Waals surface area contributed by atoms with E-state index in [0.717, 1.165) is 24.3 Å². The Balaban J connectivity index is 1.45. The van der Waals surface area contributed by atoms with Gasteiger partial charge < -0.3 is 14.4 Å². The molecule has 0 saturated heterocycles. The smallest absolute Gasteiger partial charge is 0.254 e. The Labute approximate surface area is 155 Å². The molecule has 6 nitrogen and oxygen atoms in total. The maximum absolute atomic E-state index is 12.5. The second-order valence-electron chi connectivity index (χ2n) is 7.09. The van der Waals surface area contributed by atoms with Crippen LogP contribution in [0.3, 0.4) is 0 Å². The molecule has 3 aromatic heterocycles. The van der Waals surface area contributed by atoms with E-state index in [1.54, 1.807) is 18.4 Å². The number of H-pyrrole nitrogens is 2. The number of hydrogen-bond donors (Lipinski definition) is 2. The molecule has 0 spiro atoms. The molecule has 0 aliphatic carbocycles. The van der Waals surface area contributed by atoms with E-state index >= 15 is 0 Å². The van der Waals surface area contributed by atoms with Crippen LogP contribution < -0.4 is 5.56 Å². The third-order valence-electron chi connectivity index (χ3n) is 5.31. The maximum Gasteiger partial charge on any atom is 0.254 e. The molecule has 1 aromatic carbocycles. The van der Waals surface area contributed by atoms with Gasteiger partial charge in [0, 0.05) is 42.3 Å². The summed E-state index contributed by atoms with van der Waals surface area (Å²) in [6.45, 7) is 4.45. The van der Waals surface area contributed by atoms with Crippen molar-refractivity contribution in [1.29, 1.82) is 0 Å². The molecule has 0 atom stereocenters. The summed E-state index contributed by atoms with van der Waals surface area (Å²) in [5.41, 5.74) is 5.28. The van der Waals surface area contributed by atoms with Crippen LogP contribution >= 0.6 is 0 Å². The van der Waals surface area contributed by atoms with E-state index in [2.05, 4.69) is 51.2 Å². The summed E-state index contributed by atoms with van der Waals surface area (Å²) in [4.78, 5) is 25.7. The second kappa shape index (κ2) is 6.25. The van der Waals surface area contributed by atoms with Gasteiger partial charge in [-0.3, -0.25) is 9.69 Å². The van der Waals surface area contributed by atoms with Gasteiger partial charge in [0.05, 0.1) is 12.0 Å². The van der Waals surface area contributed by atoms with Gasteiger partial charge in [-0.05, 0) is 36.6 Å². The maximum atomic E-state index is 12.5. The minimum Gasteiger partial charge on any atom is -0.461 e. The Morgan fingerprint density at radius 1 is 1.26 bits per heavy atom. The Hall–Kier alpha value is -3.12. The number of benzene rings is 1. The molecule has 0 amide bonds. The minimum absolute atomic E-state index is 0.0613. The van der Waals surface area contributed by atoms with Crippen LogP contribution in [0.2, 0.25) is 0 Å². The Morgan fingerprint density at radius 3 is 3.04 bits per heavy atom. The lowest BCUT2D eigenvalue weighted by Gasteiger charge is -2.27. The van der Waals surface area contributed by atoms with Gasteiger partial charge in [0.25, 0.3) is 5.56 Å². The predicted octanol–water partition coefficient (Wildman–Crippen LogP) is 3.38. The molecule has 0 saturated carbocycles. The lowest BCUT2D eigenvalue weighted by atomic mass is 10.0. The van der Waals surface area contributed by atoms with Crippen LogP contribution in [-0.2, 0) is 19.5 Å². The van der Waals surface area contributed by atoms with Gasteiger partial charge in [0.1, 0.15) is 0 Å². The van der Waals surface area contributed by atoms with Gasteiger partial charge in [0.2, 0.25) is 0 Å². The Kier molecular flexibility index (Phi) is 3.72. The normalized spacial score (nSPS) is 14.6. The Bertz CT molecular complexity index is 1170. The van der Waals surface area contributed by atoms with Gasteiger partial charge in [-0.25, -0.2) is 4.98 Å². The molecule has 1 aliphatic rings. The number of fused-ring (bicyclic) bond motifs is 2.